The molecule has 1 fully saturated rings. The summed E-state index contributed by atoms with van der Waals surface area (Å²) in [7, 11) is 3.84. The van der Waals surface area contributed by atoms with Gasteiger partial charge in [-0.25, -0.2) is 0 Å². The number of aliphatic hydroxyl groups excluding tert-OH is 1. The number of aryl methyl sites for hydroxylation is 1. The fraction of sp³-hybridized carbons (Fsp3) is 0.360. The van der Waals surface area contributed by atoms with Gasteiger partial charge in [-0.3, -0.25) is 9.59 Å². The van der Waals surface area contributed by atoms with E-state index in [0.717, 1.165) is 17.5 Å². The zero-order chi connectivity index (χ0) is 22.5. The van der Waals surface area contributed by atoms with Crippen molar-refractivity contribution < 1.29 is 19.4 Å². The van der Waals surface area contributed by atoms with E-state index in [0.29, 0.717) is 31.0 Å². The average molecular weight is 423 g/mol. The van der Waals surface area contributed by atoms with Crippen LogP contribution in [0.2, 0.25) is 0 Å². The number of likely N-dealkylation sites (tertiary alicyclic amines) is 1. The number of benzene rings is 2. The summed E-state index contributed by atoms with van der Waals surface area (Å²) < 4.78 is 5.67. The van der Waals surface area contributed by atoms with Crippen LogP contribution in [-0.2, 0) is 9.59 Å². The molecule has 0 aliphatic carbocycles. The second-order valence-electron chi connectivity index (χ2n) is 8.03. The Morgan fingerprint density at radius 2 is 1.87 bits per heavy atom. The molecule has 1 unspecified atom stereocenters. The zero-order valence-electron chi connectivity index (χ0n) is 18.6. The first-order chi connectivity index (χ1) is 14.8. The van der Waals surface area contributed by atoms with E-state index in [1.165, 1.54) is 0 Å². The van der Waals surface area contributed by atoms with Crippen molar-refractivity contribution in [3.63, 3.8) is 0 Å². The van der Waals surface area contributed by atoms with Crippen LogP contribution in [0, 0.1) is 6.92 Å². The predicted octanol–water partition coefficient (Wildman–Crippen LogP) is 3.77. The zero-order valence-corrected chi connectivity index (χ0v) is 18.6. The highest BCUT2D eigenvalue weighted by atomic mass is 16.5. The van der Waals surface area contributed by atoms with Crippen molar-refractivity contribution in [3.8, 4) is 5.75 Å². The minimum absolute atomic E-state index is 0.116. The van der Waals surface area contributed by atoms with Gasteiger partial charge in [-0.1, -0.05) is 43.3 Å². The van der Waals surface area contributed by atoms with E-state index in [-0.39, 0.29) is 11.3 Å². The van der Waals surface area contributed by atoms with Crippen LogP contribution < -0.4 is 4.74 Å². The topological polar surface area (TPSA) is 70.1 Å². The largest absolute Gasteiger partial charge is 0.507 e. The van der Waals surface area contributed by atoms with Crippen molar-refractivity contribution in [2.75, 3.05) is 33.8 Å². The van der Waals surface area contributed by atoms with E-state index in [9.17, 15) is 14.7 Å². The van der Waals surface area contributed by atoms with Crippen LogP contribution in [-0.4, -0.2) is 60.4 Å². The summed E-state index contributed by atoms with van der Waals surface area (Å²) in [5.41, 5.74) is 2.36. The Morgan fingerprint density at radius 1 is 1.13 bits per heavy atom. The summed E-state index contributed by atoms with van der Waals surface area (Å²) in [5.74, 6) is -0.819. The van der Waals surface area contributed by atoms with Crippen LogP contribution in [0.4, 0.5) is 0 Å². The number of Topliss-reactive ketones (excluding diaryl/α,β-unsaturated/α-hetero) is 1. The summed E-state index contributed by atoms with van der Waals surface area (Å²) in [6.45, 7) is 5.51. The Kier molecular flexibility index (Phi) is 7.13. The lowest BCUT2D eigenvalue weighted by Crippen LogP contribution is -2.35. The molecule has 2 aromatic rings. The van der Waals surface area contributed by atoms with Gasteiger partial charge in [0, 0.05) is 18.7 Å². The van der Waals surface area contributed by atoms with E-state index in [4.69, 9.17) is 4.74 Å². The molecule has 6 heteroatoms. The highest BCUT2D eigenvalue weighted by Gasteiger charge is 2.46. The van der Waals surface area contributed by atoms with Crippen molar-refractivity contribution in [3.05, 3.63) is 70.8 Å². The molecule has 1 N–H and O–H groups in total. The Bertz CT molecular complexity index is 997. The first kappa shape index (κ1) is 22.6. The Balaban J connectivity index is 2.12. The van der Waals surface area contributed by atoms with Gasteiger partial charge in [-0.2, -0.15) is 0 Å². The number of carbonyl (C=O) groups is 2. The van der Waals surface area contributed by atoms with Crippen LogP contribution >= 0.6 is 0 Å². The van der Waals surface area contributed by atoms with Crippen LogP contribution in [0.5, 0.6) is 5.75 Å². The van der Waals surface area contributed by atoms with Crippen LogP contribution in [0.3, 0.4) is 0 Å². The fourth-order valence-corrected chi connectivity index (χ4v) is 3.74. The lowest BCUT2D eigenvalue weighted by Gasteiger charge is -2.27. The minimum Gasteiger partial charge on any atom is -0.507 e. The third kappa shape index (κ3) is 4.80. The van der Waals surface area contributed by atoms with Gasteiger partial charge in [-0.05, 0) is 50.7 Å². The standard InChI is InChI=1S/C25H30N2O4/c1-5-15-31-19-11-8-10-18(16-19)23(28)21-22(20-12-7-6-9-17(20)2)27(14-13-26(3)4)25(30)24(21)29/h6-12,16,22,28H,5,13-15H2,1-4H3/b23-21+. The first-order valence-electron chi connectivity index (χ1n) is 10.6. The predicted molar refractivity (Wildman–Crippen MR) is 121 cm³/mol. The number of rotatable bonds is 8. The molecule has 31 heavy (non-hydrogen) atoms. The molecule has 1 aliphatic heterocycles. The quantitative estimate of drug-likeness (QED) is 0.398. The average Bonchev–Trinajstić information content (AvgIpc) is 3.00. The van der Waals surface area contributed by atoms with E-state index in [2.05, 4.69) is 0 Å². The fourth-order valence-electron chi connectivity index (χ4n) is 3.74. The number of hydrogen-bond donors (Lipinski definition) is 1. The van der Waals surface area contributed by atoms with E-state index >= 15 is 0 Å². The molecule has 0 radical (unpaired) electrons. The number of carbonyl (C=O) groups excluding carboxylic acids is 2. The summed E-state index contributed by atoms with van der Waals surface area (Å²) in [5, 5.41) is 11.2. The first-order valence-corrected chi connectivity index (χ1v) is 10.6. The molecule has 0 aromatic heterocycles. The number of amides is 1. The van der Waals surface area contributed by atoms with E-state index in [1.807, 2.05) is 57.1 Å². The highest BCUT2D eigenvalue weighted by molar-refractivity contribution is 6.46. The van der Waals surface area contributed by atoms with Gasteiger partial charge in [0.1, 0.15) is 11.5 Å². The van der Waals surface area contributed by atoms with Crippen LogP contribution in [0.1, 0.15) is 36.1 Å². The summed E-state index contributed by atoms with van der Waals surface area (Å²) in [6, 6.07) is 14.0. The SMILES string of the molecule is CCCOc1cccc(/C(O)=C2\C(=O)C(=O)N(CCN(C)C)C2c2ccccc2C)c1. The molecule has 1 heterocycles. The molecule has 1 amide bonds. The van der Waals surface area contributed by atoms with E-state index in [1.54, 1.807) is 29.2 Å². The molecule has 2 aromatic carbocycles. The maximum atomic E-state index is 13.1. The summed E-state index contributed by atoms with van der Waals surface area (Å²) in [4.78, 5) is 29.6. The number of hydrogen-bond acceptors (Lipinski definition) is 5. The van der Waals surface area contributed by atoms with Gasteiger partial charge >= 0.3 is 0 Å². The number of ketones is 1. The molecule has 164 valence electrons. The Hall–Kier alpha value is -3.12. The number of nitrogens with zero attached hydrogens (tertiary/aromatic N) is 2. The number of likely N-dealkylation sites (N-methyl/N-ethyl adjacent to an activating group) is 1. The lowest BCUT2D eigenvalue weighted by molar-refractivity contribution is -0.140. The molecule has 1 atom stereocenters. The maximum absolute atomic E-state index is 13.1. The van der Waals surface area contributed by atoms with Crippen molar-refractivity contribution in [1.29, 1.82) is 0 Å². The van der Waals surface area contributed by atoms with Crippen molar-refractivity contribution in [1.82, 2.24) is 9.80 Å². The maximum Gasteiger partial charge on any atom is 0.295 e. The van der Waals surface area contributed by atoms with Crippen molar-refractivity contribution >= 4 is 17.4 Å². The van der Waals surface area contributed by atoms with Crippen molar-refractivity contribution in [2.45, 2.75) is 26.3 Å². The van der Waals surface area contributed by atoms with Crippen LogP contribution in [0.25, 0.3) is 5.76 Å². The van der Waals surface area contributed by atoms with Crippen LogP contribution in [0.15, 0.2) is 54.1 Å². The van der Waals surface area contributed by atoms with Gasteiger partial charge < -0.3 is 19.6 Å². The number of aliphatic hydroxyl groups is 1. The molecular formula is C25H30N2O4. The van der Waals surface area contributed by atoms with Crippen molar-refractivity contribution in [2.24, 2.45) is 0 Å². The molecular weight excluding hydrogens is 392 g/mol. The smallest absolute Gasteiger partial charge is 0.295 e. The van der Waals surface area contributed by atoms with Gasteiger partial charge in [0.05, 0.1) is 18.2 Å². The molecule has 6 nitrogen and oxygen atoms in total. The molecule has 3 rings (SSSR count). The number of ether oxygens (including phenoxy) is 1. The molecule has 0 bridgehead atoms. The van der Waals surface area contributed by atoms with Gasteiger partial charge in [-0.15, -0.1) is 0 Å². The monoisotopic (exact) mass is 422 g/mol. The molecule has 0 saturated carbocycles. The Labute approximate surface area is 183 Å². The third-order valence-electron chi connectivity index (χ3n) is 5.39. The summed E-state index contributed by atoms with van der Waals surface area (Å²) >= 11 is 0. The van der Waals surface area contributed by atoms with E-state index < -0.39 is 17.7 Å². The Morgan fingerprint density at radius 3 is 2.55 bits per heavy atom. The second-order valence-corrected chi connectivity index (χ2v) is 8.03. The normalized spacial score (nSPS) is 18.1. The molecule has 0 spiro atoms. The molecule has 1 aliphatic rings. The highest BCUT2D eigenvalue weighted by Crippen LogP contribution is 2.40. The van der Waals surface area contributed by atoms with Gasteiger partial charge in [0.25, 0.3) is 11.7 Å². The minimum atomic E-state index is -0.663. The second kappa shape index (κ2) is 9.79. The lowest BCUT2D eigenvalue weighted by atomic mass is 9.92. The van der Waals surface area contributed by atoms with Gasteiger partial charge in [0.15, 0.2) is 0 Å². The molecule has 1 saturated heterocycles. The van der Waals surface area contributed by atoms with Gasteiger partial charge in [0.2, 0.25) is 0 Å². The third-order valence-corrected chi connectivity index (χ3v) is 5.39. The summed E-state index contributed by atoms with van der Waals surface area (Å²) in [6.07, 6.45) is 0.862.